The van der Waals surface area contributed by atoms with E-state index < -0.39 is 0 Å². The second-order valence-corrected chi connectivity index (χ2v) is 9.24. The van der Waals surface area contributed by atoms with E-state index in [0.29, 0.717) is 5.69 Å². The van der Waals surface area contributed by atoms with E-state index in [1.807, 2.05) is 17.7 Å². The van der Waals surface area contributed by atoms with Crippen molar-refractivity contribution in [2.24, 2.45) is 0 Å². The molecule has 1 aliphatic heterocycles. The minimum atomic E-state index is -0.283. The Morgan fingerprint density at radius 3 is 2.41 bits per heavy atom. The molecule has 0 atom stereocenters. The summed E-state index contributed by atoms with van der Waals surface area (Å²) >= 11 is 0. The molecule has 1 aromatic heterocycles. The third kappa shape index (κ3) is 4.44. The molecule has 34 heavy (non-hydrogen) atoms. The molecular weight excluding hydrogens is 429 g/mol. The Labute approximate surface area is 200 Å². The lowest BCUT2D eigenvalue weighted by Gasteiger charge is -2.35. The maximum atomic E-state index is 13.4. The van der Waals surface area contributed by atoms with Gasteiger partial charge in [0.15, 0.2) is 5.69 Å². The average molecular weight is 462 g/mol. The van der Waals surface area contributed by atoms with Crippen molar-refractivity contribution in [1.82, 2.24) is 14.7 Å². The summed E-state index contributed by atoms with van der Waals surface area (Å²) in [7, 11) is 0. The second-order valence-electron chi connectivity index (χ2n) is 9.24. The number of benzene rings is 2. The van der Waals surface area contributed by atoms with E-state index in [0.717, 1.165) is 86.6 Å². The molecule has 2 aromatic carbocycles. The molecule has 1 aliphatic carbocycles. The molecule has 2 aliphatic rings. The van der Waals surface area contributed by atoms with Gasteiger partial charge < -0.3 is 15.1 Å². The van der Waals surface area contributed by atoms with Crippen LogP contribution in [0.25, 0.3) is 5.69 Å². The first-order valence-electron chi connectivity index (χ1n) is 12.3. The lowest BCUT2D eigenvalue weighted by Crippen LogP contribution is -2.46. The van der Waals surface area contributed by atoms with Crippen LogP contribution < -0.4 is 10.2 Å². The number of aromatic nitrogens is 2. The highest BCUT2D eigenvalue weighted by atomic mass is 19.1. The molecule has 2 heterocycles. The number of fused-ring (bicyclic) bond motifs is 1. The molecule has 3 aromatic rings. The first-order valence-corrected chi connectivity index (χ1v) is 12.3. The number of anilines is 2. The topological polar surface area (TPSA) is 53.4 Å². The molecule has 1 saturated heterocycles. The SMILES string of the molecule is CCN1CCN(c2ccc(NC(=O)c3nn(-c4ccc(F)cc4)c4c3CCCC4)c(C)c2)CC1. The van der Waals surface area contributed by atoms with Gasteiger partial charge in [0.05, 0.1) is 5.69 Å². The van der Waals surface area contributed by atoms with E-state index in [2.05, 4.69) is 34.2 Å². The van der Waals surface area contributed by atoms with Gasteiger partial charge in [0.1, 0.15) is 5.82 Å². The second kappa shape index (κ2) is 9.58. The first kappa shape index (κ1) is 22.6. The van der Waals surface area contributed by atoms with E-state index in [1.54, 1.807) is 12.1 Å². The van der Waals surface area contributed by atoms with Crippen LogP contribution in [0.5, 0.6) is 0 Å². The van der Waals surface area contributed by atoms with Crippen LogP contribution in [0.4, 0.5) is 15.8 Å². The van der Waals surface area contributed by atoms with Crippen LogP contribution >= 0.6 is 0 Å². The van der Waals surface area contributed by atoms with E-state index in [4.69, 9.17) is 5.10 Å². The molecule has 0 bridgehead atoms. The Morgan fingerprint density at radius 2 is 1.71 bits per heavy atom. The van der Waals surface area contributed by atoms with Crippen molar-refractivity contribution >= 4 is 17.3 Å². The Balaban J connectivity index is 1.37. The third-order valence-electron chi connectivity index (χ3n) is 7.11. The highest BCUT2D eigenvalue weighted by Gasteiger charge is 2.26. The summed E-state index contributed by atoms with van der Waals surface area (Å²) in [4.78, 5) is 18.2. The summed E-state index contributed by atoms with van der Waals surface area (Å²) in [5.41, 5.74) is 6.36. The molecule has 1 amide bonds. The van der Waals surface area contributed by atoms with Crippen LogP contribution in [-0.4, -0.2) is 53.3 Å². The molecule has 1 N–H and O–H groups in total. The molecular formula is C27H32FN5O. The number of hydrogen-bond acceptors (Lipinski definition) is 4. The van der Waals surface area contributed by atoms with Crippen molar-refractivity contribution in [2.75, 3.05) is 42.9 Å². The fourth-order valence-corrected chi connectivity index (χ4v) is 5.07. The zero-order valence-corrected chi connectivity index (χ0v) is 20.0. The highest BCUT2D eigenvalue weighted by Crippen LogP contribution is 2.29. The quantitative estimate of drug-likeness (QED) is 0.604. The molecule has 0 saturated carbocycles. The van der Waals surface area contributed by atoms with Crippen LogP contribution in [0.2, 0.25) is 0 Å². The standard InChI is InChI=1S/C27H32FN5O/c1-3-31-14-16-32(17-15-31)22-12-13-24(19(2)18-22)29-27(34)26-23-6-4-5-7-25(23)33(30-26)21-10-8-20(28)9-11-21/h8-13,18H,3-7,14-17H2,1-2H3,(H,29,34). The summed E-state index contributed by atoms with van der Waals surface area (Å²) in [5.74, 6) is -0.472. The Hall–Kier alpha value is -3.19. The molecule has 7 heteroatoms. The zero-order valence-electron chi connectivity index (χ0n) is 20.0. The lowest BCUT2D eigenvalue weighted by molar-refractivity contribution is 0.102. The third-order valence-corrected chi connectivity index (χ3v) is 7.11. The van der Waals surface area contributed by atoms with E-state index >= 15 is 0 Å². The molecule has 1 fully saturated rings. The van der Waals surface area contributed by atoms with Crippen LogP contribution in [-0.2, 0) is 12.8 Å². The Kier molecular flexibility index (Phi) is 6.37. The molecule has 5 rings (SSSR count). The van der Waals surface area contributed by atoms with Crippen LogP contribution in [0.1, 0.15) is 47.1 Å². The normalized spacial score (nSPS) is 16.4. The molecule has 0 radical (unpaired) electrons. The molecule has 178 valence electrons. The molecule has 0 unspecified atom stereocenters. The van der Waals surface area contributed by atoms with Gasteiger partial charge in [-0.25, -0.2) is 9.07 Å². The Bertz CT molecular complexity index is 1180. The smallest absolute Gasteiger partial charge is 0.276 e. The van der Waals surface area contributed by atoms with Gasteiger partial charge in [-0.05, 0) is 87.2 Å². The van der Waals surface area contributed by atoms with Crippen LogP contribution in [0.15, 0.2) is 42.5 Å². The van der Waals surface area contributed by atoms with Gasteiger partial charge in [0, 0.05) is 48.8 Å². The summed E-state index contributed by atoms with van der Waals surface area (Å²) in [6, 6.07) is 12.5. The summed E-state index contributed by atoms with van der Waals surface area (Å²) < 4.78 is 15.3. The van der Waals surface area contributed by atoms with Crippen molar-refractivity contribution in [1.29, 1.82) is 0 Å². The number of amides is 1. The van der Waals surface area contributed by atoms with Gasteiger partial charge in [0.25, 0.3) is 5.91 Å². The van der Waals surface area contributed by atoms with Gasteiger partial charge in [-0.1, -0.05) is 6.92 Å². The predicted molar refractivity (Wildman–Crippen MR) is 134 cm³/mol. The number of hydrogen-bond donors (Lipinski definition) is 1. The van der Waals surface area contributed by atoms with Crippen molar-refractivity contribution in [2.45, 2.75) is 39.5 Å². The predicted octanol–water partition coefficient (Wildman–Crippen LogP) is 4.59. The maximum Gasteiger partial charge on any atom is 0.276 e. The average Bonchev–Trinajstić information content (AvgIpc) is 3.26. The molecule has 6 nitrogen and oxygen atoms in total. The van der Waals surface area contributed by atoms with Crippen LogP contribution in [0, 0.1) is 12.7 Å². The summed E-state index contributed by atoms with van der Waals surface area (Å²) in [6.07, 6.45) is 3.81. The van der Waals surface area contributed by atoms with Gasteiger partial charge in [0.2, 0.25) is 0 Å². The maximum absolute atomic E-state index is 13.4. The van der Waals surface area contributed by atoms with E-state index in [-0.39, 0.29) is 11.7 Å². The monoisotopic (exact) mass is 461 g/mol. The lowest BCUT2D eigenvalue weighted by atomic mass is 9.95. The minimum Gasteiger partial charge on any atom is -0.369 e. The van der Waals surface area contributed by atoms with E-state index in [1.165, 1.54) is 17.8 Å². The van der Waals surface area contributed by atoms with Crippen molar-refractivity contribution in [3.05, 3.63) is 70.8 Å². The van der Waals surface area contributed by atoms with E-state index in [9.17, 15) is 9.18 Å². The van der Waals surface area contributed by atoms with Gasteiger partial charge in [-0.2, -0.15) is 5.10 Å². The number of nitrogens with zero attached hydrogens (tertiary/aromatic N) is 4. The number of halogens is 1. The Morgan fingerprint density at radius 1 is 1.00 bits per heavy atom. The minimum absolute atomic E-state index is 0.188. The summed E-state index contributed by atoms with van der Waals surface area (Å²) in [6.45, 7) is 9.53. The van der Waals surface area contributed by atoms with Crippen LogP contribution in [0.3, 0.4) is 0 Å². The number of aryl methyl sites for hydroxylation is 1. The van der Waals surface area contributed by atoms with Gasteiger partial charge in [-0.3, -0.25) is 4.79 Å². The fourth-order valence-electron chi connectivity index (χ4n) is 5.07. The zero-order chi connectivity index (χ0) is 23.7. The number of carbonyl (C=O) groups excluding carboxylic acids is 1. The number of carbonyl (C=O) groups is 1. The fraction of sp³-hybridized carbons (Fsp3) is 0.407. The summed E-state index contributed by atoms with van der Waals surface area (Å²) in [5, 5.41) is 7.79. The number of nitrogens with one attached hydrogen (secondary N) is 1. The molecule has 0 spiro atoms. The van der Waals surface area contributed by atoms with Crippen molar-refractivity contribution in [3.63, 3.8) is 0 Å². The number of likely N-dealkylation sites (N-methyl/N-ethyl adjacent to an activating group) is 1. The van der Waals surface area contributed by atoms with Gasteiger partial charge >= 0.3 is 0 Å². The van der Waals surface area contributed by atoms with Crippen molar-refractivity contribution in [3.8, 4) is 5.69 Å². The first-order chi connectivity index (χ1) is 16.5. The highest BCUT2D eigenvalue weighted by molar-refractivity contribution is 6.04. The number of piperazine rings is 1. The van der Waals surface area contributed by atoms with Gasteiger partial charge in [-0.15, -0.1) is 0 Å². The number of rotatable bonds is 5. The van der Waals surface area contributed by atoms with Crippen molar-refractivity contribution < 1.29 is 9.18 Å². The largest absolute Gasteiger partial charge is 0.369 e.